The fourth-order valence-corrected chi connectivity index (χ4v) is 4.25. The zero-order chi connectivity index (χ0) is 16.2. The molecule has 3 aromatic rings. The third-order valence-electron chi connectivity index (χ3n) is 3.76. The van der Waals surface area contributed by atoms with Crippen molar-refractivity contribution in [1.82, 2.24) is 14.8 Å². The van der Waals surface area contributed by atoms with Gasteiger partial charge in [-0.25, -0.2) is 0 Å². The van der Waals surface area contributed by atoms with E-state index in [0.717, 1.165) is 40.3 Å². The van der Waals surface area contributed by atoms with E-state index >= 15 is 0 Å². The Morgan fingerprint density at radius 2 is 2.08 bits per heavy atom. The molecule has 3 heterocycles. The zero-order valence-corrected chi connectivity index (χ0v) is 14.6. The number of thioether (sulfide) groups is 1. The number of thiophene rings is 1. The first-order valence-electron chi connectivity index (χ1n) is 7.78. The summed E-state index contributed by atoms with van der Waals surface area (Å²) in [6.07, 6.45) is 1.12. The first-order valence-corrected chi connectivity index (χ1v) is 9.65. The van der Waals surface area contributed by atoms with E-state index in [1.54, 1.807) is 23.1 Å². The lowest BCUT2D eigenvalue weighted by atomic mass is 10.3. The number of hydrogen-bond acceptors (Lipinski definition) is 6. The Morgan fingerprint density at radius 1 is 1.17 bits per heavy atom. The van der Waals surface area contributed by atoms with Crippen molar-refractivity contribution in [3.8, 4) is 16.4 Å². The van der Waals surface area contributed by atoms with Crippen LogP contribution in [0.2, 0.25) is 0 Å². The maximum atomic E-state index is 5.63. The predicted octanol–water partition coefficient (Wildman–Crippen LogP) is 3.85. The van der Waals surface area contributed by atoms with Crippen LogP contribution in [0.1, 0.15) is 6.42 Å². The lowest BCUT2D eigenvalue weighted by Crippen LogP contribution is -2.25. The number of ether oxygens (including phenoxy) is 2. The van der Waals surface area contributed by atoms with Gasteiger partial charge in [0.25, 0.3) is 0 Å². The Kier molecular flexibility index (Phi) is 4.94. The maximum absolute atomic E-state index is 5.63. The van der Waals surface area contributed by atoms with Crippen molar-refractivity contribution in [2.24, 2.45) is 0 Å². The first kappa shape index (κ1) is 15.8. The highest BCUT2D eigenvalue weighted by Gasteiger charge is 2.20. The normalized spacial score (nSPS) is 17.9. The molecule has 1 aromatic carbocycles. The molecule has 2 aromatic heterocycles. The van der Waals surface area contributed by atoms with Crippen LogP contribution in [-0.4, -0.2) is 40.0 Å². The molecule has 1 saturated heterocycles. The minimum atomic E-state index is 0.204. The largest absolute Gasteiger partial charge is 0.355 e. The molecule has 0 radical (unpaired) electrons. The van der Waals surface area contributed by atoms with Crippen molar-refractivity contribution in [3.05, 3.63) is 47.8 Å². The molecule has 1 aliphatic rings. The standard InChI is InChI=1S/C17H17N3O2S2/c1-2-5-13(6-3-1)20-16(15-7-4-10-23-15)18-19-17(20)24-11-14-8-9-21-12-22-14/h1-7,10,14H,8-9,11-12H2/t14-/m1/s1. The van der Waals surface area contributed by atoms with Crippen LogP contribution in [0.3, 0.4) is 0 Å². The maximum Gasteiger partial charge on any atom is 0.196 e. The van der Waals surface area contributed by atoms with Gasteiger partial charge in [-0.3, -0.25) is 4.57 Å². The van der Waals surface area contributed by atoms with E-state index < -0.39 is 0 Å². The van der Waals surface area contributed by atoms with Gasteiger partial charge in [0.1, 0.15) is 6.79 Å². The minimum absolute atomic E-state index is 0.204. The molecule has 0 amide bonds. The zero-order valence-electron chi connectivity index (χ0n) is 13.0. The molecule has 1 atom stereocenters. The molecule has 1 fully saturated rings. The van der Waals surface area contributed by atoms with Crippen molar-refractivity contribution in [3.63, 3.8) is 0 Å². The van der Waals surface area contributed by atoms with Gasteiger partial charge in [0.05, 0.1) is 17.6 Å². The van der Waals surface area contributed by atoms with Gasteiger partial charge in [0.2, 0.25) is 0 Å². The number of rotatable bonds is 5. The molecular weight excluding hydrogens is 342 g/mol. The fraction of sp³-hybridized carbons (Fsp3) is 0.294. The highest BCUT2D eigenvalue weighted by Crippen LogP contribution is 2.31. The smallest absolute Gasteiger partial charge is 0.196 e. The summed E-state index contributed by atoms with van der Waals surface area (Å²) in [5, 5.41) is 11.8. The summed E-state index contributed by atoms with van der Waals surface area (Å²) < 4.78 is 13.0. The Balaban J connectivity index is 1.64. The van der Waals surface area contributed by atoms with Crippen LogP contribution in [0.25, 0.3) is 16.4 Å². The number of para-hydroxylation sites is 1. The molecule has 124 valence electrons. The van der Waals surface area contributed by atoms with E-state index in [1.165, 1.54) is 0 Å². The van der Waals surface area contributed by atoms with E-state index in [0.29, 0.717) is 6.79 Å². The van der Waals surface area contributed by atoms with Gasteiger partial charge in [0, 0.05) is 11.4 Å². The second-order valence-corrected chi connectivity index (χ2v) is 7.30. The van der Waals surface area contributed by atoms with Crippen LogP contribution < -0.4 is 0 Å². The lowest BCUT2D eigenvalue weighted by molar-refractivity contribution is -0.130. The molecule has 0 aliphatic carbocycles. The second-order valence-electron chi connectivity index (χ2n) is 5.37. The fourth-order valence-electron chi connectivity index (χ4n) is 2.54. The van der Waals surface area contributed by atoms with Crippen molar-refractivity contribution < 1.29 is 9.47 Å². The van der Waals surface area contributed by atoms with Crippen LogP contribution in [0.15, 0.2) is 53.0 Å². The van der Waals surface area contributed by atoms with Gasteiger partial charge >= 0.3 is 0 Å². The first-order chi connectivity index (χ1) is 11.9. The van der Waals surface area contributed by atoms with Crippen LogP contribution in [-0.2, 0) is 9.47 Å². The molecule has 4 rings (SSSR count). The quantitative estimate of drug-likeness (QED) is 0.648. The van der Waals surface area contributed by atoms with Crippen LogP contribution >= 0.6 is 23.1 Å². The van der Waals surface area contributed by atoms with Crippen LogP contribution in [0.5, 0.6) is 0 Å². The van der Waals surface area contributed by atoms with Crippen LogP contribution in [0.4, 0.5) is 0 Å². The lowest BCUT2D eigenvalue weighted by Gasteiger charge is -2.22. The number of hydrogen-bond donors (Lipinski definition) is 0. The van der Waals surface area contributed by atoms with Gasteiger partial charge in [-0.2, -0.15) is 0 Å². The number of aromatic nitrogens is 3. The van der Waals surface area contributed by atoms with Crippen LogP contribution in [0, 0.1) is 0 Å². The summed E-state index contributed by atoms with van der Waals surface area (Å²) in [7, 11) is 0. The summed E-state index contributed by atoms with van der Waals surface area (Å²) in [4.78, 5) is 1.11. The van der Waals surface area contributed by atoms with Crippen molar-refractivity contribution in [1.29, 1.82) is 0 Å². The molecule has 0 unspecified atom stereocenters. The SMILES string of the molecule is c1ccc(-n2c(SC[C@H]3CCOCO3)nnc2-c2cccs2)cc1. The topological polar surface area (TPSA) is 49.2 Å². The van der Waals surface area contributed by atoms with Gasteiger partial charge in [-0.05, 0) is 30.0 Å². The average Bonchev–Trinajstić information content (AvgIpc) is 3.31. The number of benzene rings is 1. The highest BCUT2D eigenvalue weighted by atomic mass is 32.2. The predicted molar refractivity (Wildman–Crippen MR) is 95.7 cm³/mol. The Labute approximate surface area is 148 Å². The molecule has 0 bridgehead atoms. The van der Waals surface area contributed by atoms with E-state index in [1.807, 2.05) is 24.3 Å². The molecule has 0 saturated carbocycles. The summed E-state index contributed by atoms with van der Waals surface area (Å²) in [5.41, 5.74) is 1.07. The van der Waals surface area contributed by atoms with Gasteiger partial charge in [-0.15, -0.1) is 21.5 Å². The van der Waals surface area contributed by atoms with Gasteiger partial charge < -0.3 is 9.47 Å². The second kappa shape index (κ2) is 7.48. The molecule has 7 heteroatoms. The van der Waals surface area contributed by atoms with Crippen molar-refractivity contribution >= 4 is 23.1 Å². The number of nitrogens with zero attached hydrogens (tertiary/aromatic N) is 3. The average molecular weight is 359 g/mol. The van der Waals surface area contributed by atoms with Gasteiger partial charge in [-0.1, -0.05) is 36.0 Å². The Morgan fingerprint density at radius 3 is 2.83 bits per heavy atom. The Hall–Kier alpha value is -1.67. The minimum Gasteiger partial charge on any atom is -0.355 e. The molecule has 0 N–H and O–H groups in total. The monoisotopic (exact) mass is 359 g/mol. The highest BCUT2D eigenvalue weighted by molar-refractivity contribution is 7.99. The molecular formula is C17H17N3O2S2. The summed E-state index contributed by atoms with van der Waals surface area (Å²) in [6.45, 7) is 1.15. The van der Waals surface area contributed by atoms with Crippen molar-refractivity contribution in [2.75, 3.05) is 19.2 Å². The summed E-state index contributed by atoms with van der Waals surface area (Å²) in [5.74, 6) is 1.73. The molecule has 1 aliphatic heterocycles. The third-order valence-corrected chi connectivity index (χ3v) is 5.69. The van der Waals surface area contributed by atoms with E-state index in [9.17, 15) is 0 Å². The molecule has 0 spiro atoms. The summed E-state index contributed by atoms with van der Waals surface area (Å²) in [6, 6.07) is 14.3. The van der Waals surface area contributed by atoms with E-state index in [4.69, 9.17) is 9.47 Å². The molecule has 5 nitrogen and oxygen atoms in total. The molecule has 24 heavy (non-hydrogen) atoms. The van der Waals surface area contributed by atoms with E-state index in [-0.39, 0.29) is 6.10 Å². The summed E-state index contributed by atoms with van der Waals surface area (Å²) >= 11 is 3.35. The third kappa shape index (κ3) is 3.39. The van der Waals surface area contributed by atoms with Gasteiger partial charge in [0.15, 0.2) is 11.0 Å². The Bertz CT molecular complexity index is 769. The van der Waals surface area contributed by atoms with Crippen molar-refractivity contribution in [2.45, 2.75) is 17.7 Å². The van der Waals surface area contributed by atoms with E-state index in [2.05, 4.69) is 38.3 Å².